The Hall–Kier alpha value is -3.24. The topological polar surface area (TPSA) is 188 Å². The number of nitrogens with one attached hydrogen (secondary N) is 2. The van der Waals surface area contributed by atoms with Gasteiger partial charge in [-0.1, -0.05) is 18.2 Å². The van der Waals surface area contributed by atoms with Gasteiger partial charge in [-0.15, -0.1) is 0 Å². The van der Waals surface area contributed by atoms with Crippen molar-refractivity contribution in [2.75, 3.05) is 7.11 Å². The molecule has 5 atom stereocenters. The van der Waals surface area contributed by atoms with Crippen LogP contribution in [-0.4, -0.2) is 72.6 Å². The average Bonchev–Trinajstić information content (AvgIpc) is 2.86. The number of aliphatic hydroxyl groups is 3. The molecule has 0 bridgehead atoms. The largest absolute Gasteiger partial charge is 0.497 e. The first-order valence-electron chi connectivity index (χ1n) is 11.6. The predicted octanol–water partition coefficient (Wildman–Crippen LogP) is -0.180. The van der Waals surface area contributed by atoms with E-state index in [2.05, 4.69) is 5.32 Å². The maximum Gasteiger partial charge on any atom is 0.416 e. The molecule has 0 aliphatic heterocycles. The molecule has 1 aliphatic rings. The lowest BCUT2D eigenvalue weighted by Gasteiger charge is -2.41. The van der Waals surface area contributed by atoms with Crippen molar-refractivity contribution in [2.45, 2.75) is 60.2 Å². The molecule has 2 aromatic carbocycles. The van der Waals surface area contributed by atoms with E-state index < -0.39 is 81.2 Å². The summed E-state index contributed by atoms with van der Waals surface area (Å²) in [5.74, 6) is -1.57. The zero-order valence-electron chi connectivity index (χ0n) is 20.6. The van der Waals surface area contributed by atoms with Gasteiger partial charge >= 0.3 is 6.18 Å². The summed E-state index contributed by atoms with van der Waals surface area (Å²) in [6.45, 7) is 0. The first-order valence-corrected chi connectivity index (χ1v) is 13.1. The molecule has 0 saturated heterocycles. The summed E-state index contributed by atoms with van der Waals surface area (Å²) < 4.78 is 71.8. The molecule has 11 nitrogen and oxygen atoms in total. The number of primary amides is 1. The molecule has 214 valence electrons. The molecule has 0 radical (unpaired) electrons. The Bertz CT molecular complexity index is 1310. The summed E-state index contributed by atoms with van der Waals surface area (Å²) in [4.78, 5) is 24.3. The highest BCUT2D eigenvalue weighted by Crippen LogP contribution is 2.33. The van der Waals surface area contributed by atoms with Gasteiger partial charge in [0.25, 0.3) is 5.91 Å². The van der Waals surface area contributed by atoms with Crippen molar-refractivity contribution >= 4 is 21.8 Å². The molecule has 0 unspecified atom stereocenters. The molecule has 0 heterocycles. The van der Waals surface area contributed by atoms with Gasteiger partial charge in [0.05, 0.1) is 35.8 Å². The van der Waals surface area contributed by atoms with Crippen LogP contribution in [0.1, 0.15) is 24.0 Å². The quantitative estimate of drug-likeness (QED) is 0.237. The monoisotopic (exact) mass is 575 g/mol. The van der Waals surface area contributed by atoms with E-state index in [-0.39, 0.29) is 6.42 Å². The lowest BCUT2D eigenvalue weighted by atomic mass is 9.78. The number of sulfonamides is 1. The molecular weight excluding hydrogens is 547 g/mol. The minimum atomic E-state index is -4.83. The van der Waals surface area contributed by atoms with Gasteiger partial charge in [0.1, 0.15) is 17.4 Å². The Morgan fingerprint density at radius 2 is 1.79 bits per heavy atom. The number of carbonyl (C=O) groups excluding carboxylic acids is 2. The van der Waals surface area contributed by atoms with Crippen LogP contribution in [0.5, 0.6) is 5.75 Å². The smallest absolute Gasteiger partial charge is 0.416 e. The van der Waals surface area contributed by atoms with Crippen LogP contribution in [0.3, 0.4) is 0 Å². The SMILES string of the molecule is COc1ccc(C[C@H](NC(=O)[C@@]2(O)C[C@@H](O)[C@H](O)[C@@H](NS(=O)(=O)c3cccc(C(F)(F)F)c3)C2)C(N)=O)cc1. The highest BCUT2D eigenvalue weighted by Gasteiger charge is 2.50. The van der Waals surface area contributed by atoms with Crippen molar-refractivity contribution in [2.24, 2.45) is 5.73 Å². The molecule has 15 heteroatoms. The highest BCUT2D eigenvalue weighted by molar-refractivity contribution is 7.89. The number of halogens is 3. The third kappa shape index (κ3) is 7.24. The Kier molecular flexibility index (Phi) is 8.92. The van der Waals surface area contributed by atoms with E-state index in [9.17, 15) is 46.5 Å². The van der Waals surface area contributed by atoms with Crippen LogP contribution in [0.25, 0.3) is 0 Å². The van der Waals surface area contributed by atoms with E-state index in [1.165, 1.54) is 7.11 Å². The van der Waals surface area contributed by atoms with E-state index in [4.69, 9.17) is 10.5 Å². The van der Waals surface area contributed by atoms with Gasteiger partial charge in [-0.25, -0.2) is 13.1 Å². The molecule has 39 heavy (non-hydrogen) atoms. The summed E-state index contributed by atoms with van der Waals surface area (Å²) in [7, 11) is -3.24. The number of rotatable bonds is 9. The van der Waals surface area contributed by atoms with Crippen LogP contribution < -0.4 is 20.5 Å². The number of hydrogen-bond acceptors (Lipinski definition) is 8. The lowest BCUT2D eigenvalue weighted by Crippen LogP contribution is -2.64. The van der Waals surface area contributed by atoms with Gasteiger partial charge in [-0.2, -0.15) is 13.2 Å². The number of carbonyl (C=O) groups is 2. The second-order valence-corrected chi connectivity index (χ2v) is 10.9. The van der Waals surface area contributed by atoms with E-state index in [0.29, 0.717) is 23.4 Å². The van der Waals surface area contributed by atoms with Crippen LogP contribution in [0, 0.1) is 0 Å². The molecule has 3 rings (SSSR count). The fourth-order valence-electron chi connectivity index (χ4n) is 4.22. The van der Waals surface area contributed by atoms with E-state index >= 15 is 0 Å². The van der Waals surface area contributed by atoms with Gasteiger partial charge < -0.3 is 31.1 Å². The van der Waals surface area contributed by atoms with E-state index in [1.54, 1.807) is 24.3 Å². The third-order valence-electron chi connectivity index (χ3n) is 6.36. The molecular formula is C24H28F3N3O8S. The number of hydrogen-bond donors (Lipinski definition) is 6. The molecule has 1 aliphatic carbocycles. The van der Waals surface area contributed by atoms with Crippen LogP contribution >= 0.6 is 0 Å². The van der Waals surface area contributed by atoms with E-state index in [1.807, 2.05) is 4.72 Å². The fourth-order valence-corrected chi connectivity index (χ4v) is 5.52. The zero-order valence-corrected chi connectivity index (χ0v) is 21.4. The average molecular weight is 576 g/mol. The molecule has 0 aromatic heterocycles. The Morgan fingerprint density at radius 1 is 1.15 bits per heavy atom. The maximum atomic E-state index is 13.0. The summed E-state index contributed by atoms with van der Waals surface area (Å²) in [6.07, 6.45) is -10.0. The minimum Gasteiger partial charge on any atom is -0.497 e. The van der Waals surface area contributed by atoms with Crippen LogP contribution in [-0.2, 0) is 32.2 Å². The number of alkyl halides is 3. The van der Waals surface area contributed by atoms with Crippen LogP contribution in [0.2, 0.25) is 0 Å². The second kappa shape index (κ2) is 11.5. The van der Waals surface area contributed by atoms with Gasteiger partial charge in [-0.05, 0) is 35.9 Å². The normalized spacial score (nSPS) is 24.5. The summed E-state index contributed by atoms with van der Waals surface area (Å²) in [6, 6.07) is 6.29. The van der Waals surface area contributed by atoms with Crippen LogP contribution in [0.15, 0.2) is 53.4 Å². The molecule has 2 aromatic rings. The van der Waals surface area contributed by atoms with Gasteiger partial charge in [0.15, 0.2) is 0 Å². The Morgan fingerprint density at radius 3 is 2.36 bits per heavy atom. The predicted molar refractivity (Wildman–Crippen MR) is 130 cm³/mol. The van der Waals surface area contributed by atoms with Gasteiger partial charge in [0.2, 0.25) is 15.9 Å². The lowest BCUT2D eigenvalue weighted by molar-refractivity contribution is -0.158. The molecule has 1 saturated carbocycles. The maximum absolute atomic E-state index is 13.0. The van der Waals surface area contributed by atoms with Gasteiger partial charge in [-0.3, -0.25) is 9.59 Å². The van der Waals surface area contributed by atoms with Crippen molar-refractivity contribution < 1.29 is 51.2 Å². The van der Waals surface area contributed by atoms with Crippen molar-refractivity contribution in [1.82, 2.24) is 10.0 Å². The Labute approximate surface area is 221 Å². The summed E-state index contributed by atoms with van der Waals surface area (Å²) in [5, 5.41) is 34.0. The standard InChI is InChI=1S/C24H28F3N3O8S/c1-38-15-7-5-13(6-8-15)9-17(21(28)33)29-22(34)23(35)11-18(20(32)19(31)12-23)30-39(36,37)16-4-2-3-14(10-16)24(25,26)27/h2-8,10,17-20,30-32,35H,9,11-12H2,1H3,(H2,28,33)(H,29,34)/t17-,18-,19+,20+,23-/m0/s1. The first kappa shape index (κ1) is 30.3. The summed E-state index contributed by atoms with van der Waals surface area (Å²) >= 11 is 0. The molecule has 7 N–H and O–H groups in total. The summed E-state index contributed by atoms with van der Waals surface area (Å²) in [5.41, 5.74) is 2.27. The van der Waals surface area contributed by atoms with Gasteiger partial charge in [0, 0.05) is 19.3 Å². The van der Waals surface area contributed by atoms with Crippen molar-refractivity contribution in [3.8, 4) is 5.75 Å². The number of aliphatic hydroxyl groups excluding tert-OH is 2. The number of nitrogens with two attached hydrogens (primary N) is 1. The molecule has 0 spiro atoms. The highest BCUT2D eigenvalue weighted by atomic mass is 32.2. The Balaban J connectivity index is 1.79. The van der Waals surface area contributed by atoms with Crippen LogP contribution in [0.4, 0.5) is 13.2 Å². The second-order valence-electron chi connectivity index (χ2n) is 9.23. The third-order valence-corrected chi connectivity index (χ3v) is 7.85. The zero-order chi connectivity index (χ0) is 29.2. The fraction of sp³-hybridized carbons (Fsp3) is 0.417. The minimum absolute atomic E-state index is 0.0715. The number of benzene rings is 2. The number of amides is 2. The number of ether oxygens (including phenoxy) is 1. The van der Waals surface area contributed by atoms with Crippen molar-refractivity contribution in [3.05, 3.63) is 59.7 Å². The van der Waals surface area contributed by atoms with Crippen molar-refractivity contribution in [1.29, 1.82) is 0 Å². The molecule has 2 amide bonds. The number of methoxy groups -OCH3 is 1. The first-order chi connectivity index (χ1) is 18.1. The van der Waals surface area contributed by atoms with Crippen molar-refractivity contribution in [3.63, 3.8) is 0 Å². The molecule has 1 fully saturated rings. The van der Waals surface area contributed by atoms with E-state index in [0.717, 1.165) is 12.1 Å².